The lowest BCUT2D eigenvalue weighted by Gasteiger charge is -2.18. The Morgan fingerprint density at radius 1 is 1.14 bits per heavy atom. The van der Waals surface area contributed by atoms with Crippen molar-refractivity contribution in [2.45, 2.75) is 37.3 Å². The van der Waals surface area contributed by atoms with Crippen LogP contribution in [0.15, 0.2) is 47.4 Å². The molecule has 0 bridgehead atoms. The predicted octanol–water partition coefficient (Wildman–Crippen LogP) is 4.73. The van der Waals surface area contributed by atoms with Crippen molar-refractivity contribution in [3.63, 3.8) is 0 Å². The van der Waals surface area contributed by atoms with Crippen LogP contribution in [0.25, 0.3) is 0 Å². The van der Waals surface area contributed by atoms with Crippen molar-refractivity contribution in [2.24, 2.45) is 0 Å². The average molecular weight is 299 g/mol. The van der Waals surface area contributed by atoms with Crippen LogP contribution in [0.1, 0.15) is 25.0 Å². The summed E-state index contributed by atoms with van der Waals surface area (Å²) in [7, 11) is 0. The van der Waals surface area contributed by atoms with Gasteiger partial charge in [0.15, 0.2) is 0 Å². The molecule has 0 saturated carbocycles. The van der Waals surface area contributed by atoms with Crippen LogP contribution in [0.5, 0.6) is 5.75 Å². The van der Waals surface area contributed by atoms with Gasteiger partial charge in [0.25, 0.3) is 0 Å². The van der Waals surface area contributed by atoms with E-state index in [1.165, 1.54) is 16.0 Å². The van der Waals surface area contributed by atoms with Crippen molar-refractivity contribution in [1.29, 1.82) is 0 Å². The van der Waals surface area contributed by atoms with E-state index in [2.05, 4.69) is 67.9 Å². The van der Waals surface area contributed by atoms with Gasteiger partial charge in [-0.1, -0.05) is 18.2 Å². The highest BCUT2D eigenvalue weighted by Gasteiger charge is 2.31. The monoisotopic (exact) mass is 299 g/mol. The second-order valence-electron chi connectivity index (χ2n) is 6.03. The zero-order valence-electron chi connectivity index (χ0n) is 12.8. The van der Waals surface area contributed by atoms with E-state index in [0.717, 1.165) is 24.4 Å². The molecule has 0 radical (unpaired) electrons. The van der Waals surface area contributed by atoms with Crippen molar-refractivity contribution in [3.8, 4) is 5.75 Å². The Morgan fingerprint density at radius 3 is 2.62 bits per heavy atom. The van der Waals surface area contributed by atoms with Gasteiger partial charge >= 0.3 is 0 Å². The third kappa shape index (κ3) is 3.18. The summed E-state index contributed by atoms with van der Waals surface area (Å²) in [6.45, 7) is 5.08. The van der Waals surface area contributed by atoms with Gasteiger partial charge in [0, 0.05) is 29.1 Å². The molecule has 0 unspecified atom stereocenters. The number of rotatable bonds is 4. The van der Waals surface area contributed by atoms with Gasteiger partial charge < -0.3 is 10.1 Å². The van der Waals surface area contributed by atoms with E-state index >= 15 is 0 Å². The molecule has 1 aliphatic rings. The van der Waals surface area contributed by atoms with Gasteiger partial charge in [-0.2, -0.15) is 0 Å². The Morgan fingerprint density at radius 2 is 1.90 bits per heavy atom. The van der Waals surface area contributed by atoms with E-state index in [9.17, 15) is 0 Å². The molecule has 3 heteroatoms. The highest BCUT2D eigenvalue weighted by Crippen LogP contribution is 2.37. The minimum atomic E-state index is -0.0849. The molecular formula is C18H21NOS. The van der Waals surface area contributed by atoms with E-state index in [-0.39, 0.29) is 5.60 Å². The highest BCUT2D eigenvalue weighted by atomic mass is 32.2. The molecule has 0 atom stereocenters. The zero-order valence-corrected chi connectivity index (χ0v) is 13.6. The molecule has 0 spiro atoms. The molecule has 0 saturated heterocycles. The summed E-state index contributed by atoms with van der Waals surface area (Å²) < 4.78 is 6.11. The first kappa shape index (κ1) is 14.3. The lowest BCUT2D eigenvalue weighted by atomic mass is 10.0. The van der Waals surface area contributed by atoms with Gasteiger partial charge in [0.05, 0.1) is 0 Å². The third-order valence-electron chi connectivity index (χ3n) is 3.75. The number of benzene rings is 2. The summed E-state index contributed by atoms with van der Waals surface area (Å²) in [5.74, 6) is 1.07. The first-order valence-electron chi connectivity index (χ1n) is 7.25. The van der Waals surface area contributed by atoms with Crippen LogP contribution in [0.2, 0.25) is 0 Å². The van der Waals surface area contributed by atoms with E-state index < -0.39 is 0 Å². The SMILES string of the molecule is CSc1ccc(NCc2cccc3c2OC(C)(C)C3)cc1. The number of thioether (sulfide) groups is 1. The minimum Gasteiger partial charge on any atom is -0.487 e. The van der Waals surface area contributed by atoms with Gasteiger partial charge in [-0.25, -0.2) is 0 Å². The van der Waals surface area contributed by atoms with Gasteiger partial charge in [-0.15, -0.1) is 11.8 Å². The number of ether oxygens (including phenoxy) is 1. The Hall–Kier alpha value is -1.61. The van der Waals surface area contributed by atoms with Crippen molar-refractivity contribution in [3.05, 3.63) is 53.6 Å². The average Bonchev–Trinajstić information content (AvgIpc) is 2.80. The summed E-state index contributed by atoms with van der Waals surface area (Å²) in [5, 5.41) is 3.48. The quantitative estimate of drug-likeness (QED) is 0.824. The molecule has 1 N–H and O–H groups in total. The first-order chi connectivity index (χ1) is 10.1. The molecule has 0 fully saturated rings. The fourth-order valence-electron chi connectivity index (χ4n) is 2.72. The normalized spacial score (nSPS) is 15.4. The fraction of sp³-hybridized carbons (Fsp3) is 0.333. The van der Waals surface area contributed by atoms with Crippen LogP contribution < -0.4 is 10.1 Å². The maximum absolute atomic E-state index is 6.11. The lowest BCUT2D eigenvalue weighted by molar-refractivity contribution is 0.137. The molecule has 2 aromatic rings. The number of fused-ring (bicyclic) bond motifs is 1. The van der Waals surface area contributed by atoms with Gasteiger partial charge in [0.2, 0.25) is 0 Å². The van der Waals surface area contributed by atoms with E-state index in [4.69, 9.17) is 4.74 Å². The van der Waals surface area contributed by atoms with Crippen LogP contribution in [-0.4, -0.2) is 11.9 Å². The first-order valence-corrected chi connectivity index (χ1v) is 8.47. The van der Waals surface area contributed by atoms with Crippen LogP contribution in [0.3, 0.4) is 0 Å². The van der Waals surface area contributed by atoms with E-state index in [1.54, 1.807) is 11.8 Å². The van der Waals surface area contributed by atoms with Crippen molar-refractivity contribution >= 4 is 17.4 Å². The van der Waals surface area contributed by atoms with Crippen molar-refractivity contribution in [1.82, 2.24) is 0 Å². The van der Waals surface area contributed by atoms with Gasteiger partial charge in [-0.3, -0.25) is 0 Å². The number of nitrogens with one attached hydrogen (secondary N) is 1. The smallest absolute Gasteiger partial charge is 0.128 e. The molecule has 1 aliphatic heterocycles. The molecule has 3 rings (SSSR count). The molecule has 110 valence electrons. The van der Waals surface area contributed by atoms with E-state index in [0.29, 0.717) is 0 Å². The summed E-state index contributed by atoms with van der Waals surface area (Å²) in [4.78, 5) is 1.28. The second-order valence-corrected chi connectivity index (χ2v) is 6.91. The minimum absolute atomic E-state index is 0.0849. The maximum atomic E-state index is 6.11. The molecular weight excluding hydrogens is 278 g/mol. The Balaban J connectivity index is 1.73. The third-order valence-corrected chi connectivity index (χ3v) is 4.49. The number of hydrogen-bond donors (Lipinski definition) is 1. The predicted molar refractivity (Wildman–Crippen MR) is 90.4 cm³/mol. The van der Waals surface area contributed by atoms with Crippen molar-refractivity contribution < 1.29 is 4.74 Å². The van der Waals surface area contributed by atoms with Crippen LogP contribution in [0, 0.1) is 0 Å². The summed E-state index contributed by atoms with van der Waals surface area (Å²) in [6.07, 6.45) is 3.08. The Kier molecular flexibility index (Phi) is 3.85. The molecule has 2 aromatic carbocycles. The molecule has 0 aromatic heterocycles. The van der Waals surface area contributed by atoms with E-state index in [1.807, 2.05) is 0 Å². The summed E-state index contributed by atoms with van der Waals surface area (Å²) in [5.41, 5.74) is 3.60. The highest BCUT2D eigenvalue weighted by molar-refractivity contribution is 7.98. The Bertz CT molecular complexity index is 634. The molecule has 2 nitrogen and oxygen atoms in total. The lowest BCUT2D eigenvalue weighted by Crippen LogP contribution is -2.25. The number of hydrogen-bond acceptors (Lipinski definition) is 3. The second kappa shape index (κ2) is 5.64. The largest absolute Gasteiger partial charge is 0.487 e. The maximum Gasteiger partial charge on any atom is 0.128 e. The standard InChI is InChI=1S/C18H21NOS/c1-18(2)11-13-5-4-6-14(17(13)20-18)12-19-15-7-9-16(21-3)10-8-15/h4-10,19H,11-12H2,1-3H3. The van der Waals surface area contributed by atoms with Gasteiger partial charge in [-0.05, 0) is 49.9 Å². The fourth-order valence-corrected chi connectivity index (χ4v) is 3.13. The molecule has 0 amide bonds. The zero-order chi connectivity index (χ0) is 14.9. The van der Waals surface area contributed by atoms with Crippen LogP contribution >= 0.6 is 11.8 Å². The molecule has 21 heavy (non-hydrogen) atoms. The van der Waals surface area contributed by atoms with Crippen LogP contribution in [0.4, 0.5) is 5.69 Å². The molecule has 0 aliphatic carbocycles. The van der Waals surface area contributed by atoms with Crippen molar-refractivity contribution in [2.75, 3.05) is 11.6 Å². The van der Waals surface area contributed by atoms with Crippen LogP contribution in [-0.2, 0) is 13.0 Å². The Labute approximate surface area is 130 Å². The summed E-state index contributed by atoms with van der Waals surface area (Å²) >= 11 is 1.76. The topological polar surface area (TPSA) is 21.3 Å². The summed E-state index contributed by atoms with van der Waals surface area (Å²) in [6, 6.07) is 15.0. The number of anilines is 1. The van der Waals surface area contributed by atoms with Gasteiger partial charge in [0.1, 0.15) is 11.4 Å². The number of para-hydroxylation sites is 1. The molecule has 1 heterocycles.